The van der Waals surface area contributed by atoms with Crippen LogP contribution in [0.3, 0.4) is 0 Å². The summed E-state index contributed by atoms with van der Waals surface area (Å²) in [4.78, 5) is 4.44. The fourth-order valence-electron chi connectivity index (χ4n) is 2.63. The Morgan fingerprint density at radius 3 is 2.95 bits per heavy atom. The zero-order valence-electron chi connectivity index (χ0n) is 12.0. The summed E-state index contributed by atoms with van der Waals surface area (Å²) in [6, 6.07) is 3.78. The molecule has 0 bridgehead atoms. The normalized spacial score (nSPS) is 22.4. The Morgan fingerprint density at radius 1 is 1.42 bits per heavy atom. The average Bonchev–Trinajstić information content (AvgIpc) is 2.82. The Bertz CT molecular complexity index is 408. The number of anilines is 2. The number of ether oxygens (including phenoxy) is 1. The van der Waals surface area contributed by atoms with Crippen molar-refractivity contribution in [2.45, 2.75) is 39.5 Å². The lowest BCUT2D eigenvalue weighted by molar-refractivity contribution is 0.307. The van der Waals surface area contributed by atoms with Crippen molar-refractivity contribution in [1.82, 2.24) is 4.98 Å². The minimum absolute atomic E-state index is 0.548. The minimum Gasteiger partial charge on any atom is -0.476 e. The lowest BCUT2D eigenvalue weighted by Crippen LogP contribution is -2.17. The lowest BCUT2D eigenvalue weighted by atomic mass is 9.98. The Balaban J connectivity index is 1.92. The second-order valence-electron chi connectivity index (χ2n) is 5.49. The van der Waals surface area contributed by atoms with Gasteiger partial charge in [0.05, 0.1) is 12.3 Å². The molecule has 106 valence electrons. The van der Waals surface area contributed by atoms with Crippen molar-refractivity contribution in [2.75, 3.05) is 24.2 Å². The third-order valence-electron chi connectivity index (χ3n) is 3.92. The van der Waals surface area contributed by atoms with Gasteiger partial charge in [0.2, 0.25) is 5.88 Å². The first kappa shape index (κ1) is 14.0. The van der Waals surface area contributed by atoms with E-state index in [-0.39, 0.29) is 0 Å². The molecule has 0 radical (unpaired) electrons. The van der Waals surface area contributed by atoms with Crippen molar-refractivity contribution in [3.05, 3.63) is 12.1 Å². The van der Waals surface area contributed by atoms with E-state index in [0.717, 1.165) is 30.6 Å². The highest BCUT2D eigenvalue weighted by Crippen LogP contribution is 2.31. The number of nitrogens with one attached hydrogen (secondary N) is 1. The van der Waals surface area contributed by atoms with Gasteiger partial charge in [0.15, 0.2) is 0 Å². The first-order valence-electron chi connectivity index (χ1n) is 7.34. The SMILES string of the molecule is CCCOc1nc(NCC2CCCC2C)ccc1N. The summed E-state index contributed by atoms with van der Waals surface area (Å²) >= 11 is 0. The van der Waals surface area contributed by atoms with Gasteiger partial charge in [-0.3, -0.25) is 0 Å². The van der Waals surface area contributed by atoms with Gasteiger partial charge in [-0.25, -0.2) is 0 Å². The maximum Gasteiger partial charge on any atom is 0.239 e. The quantitative estimate of drug-likeness (QED) is 0.826. The average molecular weight is 263 g/mol. The van der Waals surface area contributed by atoms with E-state index in [9.17, 15) is 0 Å². The first-order chi connectivity index (χ1) is 9.20. The summed E-state index contributed by atoms with van der Waals surface area (Å²) in [5.74, 6) is 2.99. The number of nitrogens with two attached hydrogens (primary N) is 1. The summed E-state index contributed by atoms with van der Waals surface area (Å²) < 4.78 is 5.54. The maximum absolute atomic E-state index is 5.86. The van der Waals surface area contributed by atoms with Gasteiger partial charge in [-0.1, -0.05) is 26.7 Å². The van der Waals surface area contributed by atoms with Gasteiger partial charge in [-0.05, 0) is 36.8 Å². The molecule has 1 aromatic heterocycles. The van der Waals surface area contributed by atoms with E-state index in [1.165, 1.54) is 19.3 Å². The largest absolute Gasteiger partial charge is 0.476 e. The molecule has 0 aromatic carbocycles. The fraction of sp³-hybridized carbons (Fsp3) is 0.667. The van der Waals surface area contributed by atoms with Gasteiger partial charge < -0.3 is 15.8 Å². The third-order valence-corrected chi connectivity index (χ3v) is 3.92. The van der Waals surface area contributed by atoms with Crippen LogP contribution in [-0.2, 0) is 0 Å². The number of hydrogen-bond donors (Lipinski definition) is 2. The van der Waals surface area contributed by atoms with Crippen molar-refractivity contribution in [3.8, 4) is 5.88 Å². The molecular weight excluding hydrogens is 238 g/mol. The molecule has 0 saturated heterocycles. The van der Waals surface area contributed by atoms with E-state index in [1.54, 1.807) is 0 Å². The highest BCUT2D eigenvalue weighted by Gasteiger charge is 2.22. The molecule has 19 heavy (non-hydrogen) atoms. The minimum atomic E-state index is 0.548. The predicted octanol–water partition coefficient (Wildman–Crippen LogP) is 3.30. The number of hydrogen-bond acceptors (Lipinski definition) is 4. The number of pyridine rings is 1. The number of nitrogens with zero attached hydrogens (tertiary/aromatic N) is 1. The highest BCUT2D eigenvalue weighted by molar-refractivity contribution is 5.53. The number of aromatic nitrogens is 1. The van der Waals surface area contributed by atoms with Crippen LogP contribution in [0.1, 0.15) is 39.5 Å². The third kappa shape index (κ3) is 3.75. The maximum atomic E-state index is 5.86. The fourth-order valence-corrected chi connectivity index (χ4v) is 2.63. The second-order valence-corrected chi connectivity index (χ2v) is 5.49. The molecule has 2 unspecified atom stereocenters. The monoisotopic (exact) mass is 263 g/mol. The van der Waals surface area contributed by atoms with E-state index < -0.39 is 0 Å². The van der Waals surface area contributed by atoms with Gasteiger partial charge >= 0.3 is 0 Å². The molecule has 2 atom stereocenters. The molecule has 2 rings (SSSR count). The first-order valence-corrected chi connectivity index (χ1v) is 7.34. The van der Waals surface area contributed by atoms with Crippen LogP contribution in [0.15, 0.2) is 12.1 Å². The molecule has 3 N–H and O–H groups in total. The van der Waals surface area contributed by atoms with Crippen LogP contribution in [0.25, 0.3) is 0 Å². The number of nitrogen functional groups attached to an aromatic ring is 1. The van der Waals surface area contributed by atoms with Crippen LogP contribution in [0.4, 0.5) is 11.5 Å². The van der Waals surface area contributed by atoms with Crippen molar-refractivity contribution < 1.29 is 4.74 Å². The molecule has 0 aliphatic heterocycles. The van der Waals surface area contributed by atoms with E-state index in [2.05, 4.69) is 24.1 Å². The molecule has 1 fully saturated rings. The van der Waals surface area contributed by atoms with Gasteiger partial charge in [-0.15, -0.1) is 0 Å². The summed E-state index contributed by atoms with van der Waals surface area (Å²) in [6.07, 6.45) is 4.99. The molecule has 4 nitrogen and oxygen atoms in total. The summed E-state index contributed by atoms with van der Waals surface area (Å²) in [6.45, 7) is 6.05. The Kier molecular flexibility index (Phi) is 4.88. The lowest BCUT2D eigenvalue weighted by Gasteiger charge is -2.17. The standard InChI is InChI=1S/C15H25N3O/c1-3-9-19-15-13(16)7-8-14(18-15)17-10-12-6-4-5-11(12)2/h7-8,11-12H,3-6,9-10,16H2,1-2H3,(H,17,18). The molecular formula is C15H25N3O. The van der Waals surface area contributed by atoms with Gasteiger partial charge in [0.25, 0.3) is 0 Å². The zero-order chi connectivity index (χ0) is 13.7. The van der Waals surface area contributed by atoms with E-state index in [0.29, 0.717) is 18.2 Å². The second kappa shape index (κ2) is 6.64. The zero-order valence-corrected chi connectivity index (χ0v) is 12.0. The molecule has 1 aromatic rings. The van der Waals surface area contributed by atoms with Crippen molar-refractivity contribution in [2.24, 2.45) is 11.8 Å². The Hall–Kier alpha value is -1.45. The Morgan fingerprint density at radius 2 is 2.26 bits per heavy atom. The summed E-state index contributed by atoms with van der Waals surface area (Å²) in [7, 11) is 0. The highest BCUT2D eigenvalue weighted by atomic mass is 16.5. The number of rotatable bonds is 6. The molecule has 4 heteroatoms. The molecule has 0 spiro atoms. The van der Waals surface area contributed by atoms with Crippen LogP contribution in [0, 0.1) is 11.8 Å². The molecule has 1 aliphatic carbocycles. The molecule has 1 aliphatic rings. The van der Waals surface area contributed by atoms with Crippen LogP contribution in [0.5, 0.6) is 5.88 Å². The van der Waals surface area contributed by atoms with Crippen LogP contribution >= 0.6 is 0 Å². The van der Waals surface area contributed by atoms with Gasteiger partial charge in [0.1, 0.15) is 5.82 Å². The van der Waals surface area contributed by atoms with Gasteiger partial charge in [0, 0.05) is 6.54 Å². The van der Waals surface area contributed by atoms with Gasteiger partial charge in [-0.2, -0.15) is 4.98 Å². The molecule has 1 heterocycles. The van der Waals surface area contributed by atoms with E-state index in [4.69, 9.17) is 10.5 Å². The summed E-state index contributed by atoms with van der Waals surface area (Å²) in [5, 5.41) is 3.41. The van der Waals surface area contributed by atoms with E-state index >= 15 is 0 Å². The topological polar surface area (TPSA) is 60.2 Å². The van der Waals surface area contributed by atoms with Crippen LogP contribution < -0.4 is 15.8 Å². The summed E-state index contributed by atoms with van der Waals surface area (Å²) in [5.41, 5.74) is 6.46. The predicted molar refractivity (Wildman–Crippen MR) is 79.4 cm³/mol. The molecule has 1 saturated carbocycles. The van der Waals surface area contributed by atoms with Crippen LogP contribution in [0.2, 0.25) is 0 Å². The smallest absolute Gasteiger partial charge is 0.239 e. The van der Waals surface area contributed by atoms with Crippen molar-refractivity contribution >= 4 is 11.5 Å². The molecule has 0 amide bonds. The Labute approximate surface area is 115 Å². The van der Waals surface area contributed by atoms with E-state index in [1.807, 2.05) is 12.1 Å². The van der Waals surface area contributed by atoms with Crippen LogP contribution in [-0.4, -0.2) is 18.1 Å². The van der Waals surface area contributed by atoms with Crippen molar-refractivity contribution in [3.63, 3.8) is 0 Å². The van der Waals surface area contributed by atoms with Crippen molar-refractivity contribution in [1.29, 1.82) is 0 Å².